The van der Waals surface area contributed by atoms with Gasteiger partial charge >= 0.3 is 0 Å². The molecule has 2 nitrogen and oxygen atoms in total. The van der Waals surface area contributed by atoms with E-state index in [0.717, 1.165) is 9.15 Å². The van der Waals surface area contributed by atoms with E-state index in [4.69, 9.17) is 5.84 Å². The number of nitrogens with zero attached hydrogens (tertiary/aromatic N) is 1. The van der Waals surface area contributed by atoms with E-state index in [1.54, 1.807) is 7.05 Å². The van der Waals surface area contributed by atoms with Crippen LogP contribution in [-0.2, 0) is 0 Å². The van der Waals surface area contributed by atoms with Gasteiger partial charge in [0.15, 0.2) is 0 Å². The second-order valence-corrected chi connectivity index (χ2v) is 3.18. The van der Waals surface area contributed by atoms with Gasteiger partial charge in [0.05, 0.1) is 0 Å². The largest absolute Gasteiger partial charge is 0.321 e. The molecule has 3 heteroatoms. The van der Waals surface area contributed by atoms with Crippen LogP contribution in [0.15, 0.2) is 21.9 Å². The number of hydrazine groups is 1. The summed E-state index contributed by atoms with van der Waals surface area (Å²) in [4.78, 5) is 0. The van der Waals surface area contributed by atoms with Gasteiger partial charge in [-0.05, 0) is 35.1 Å². The topological polar surface area (TPSA) is 29.3 Å². The summed E-state index contributed by atoms with van der Waals surface area (Å²) < 4.78 is 1.02. The van der Waals surface area contributed by atoms with Crippen LogP contribution in [0.4, 0.5) is 0 Å². The fourth-order valence-electron chi connectivity index (χ4n) is 0.375. The third-order valence-corrected chi connectivity index (χ3v) is 1.68. The van der Waals surface area contributed by atoms with Crippen LogP contribution in [0.25, 0.3) is 0 Å². The maximum absolute atomic E-state index is 5.34. The summed E-state index contributed by atoms with van der Waals surface area (Å²) in [5, 5.41) is 1.51. The van der Waals surface area contributed by atoms with Gasteiger partial charge in [0.25, 0.3) is 0 Å². The fraction of sp³-hybridized carbons (Fsp3) is 0.333. The van der Waals surface area contributed by atoms with Gasteiger partial charge in [-0.3, -0.25) is 0 Å². The zero-order valence-corrected chi connectivity index (χ0v) is 7.84. The third kappa shape index (κ3) is 4.47. The Hall–Kier alpha value is -0.0300. The van der Waals surface area contributed by atoms with Crippen LogP contribution < -0.4 is 5.84 Å². The monoisotopic (exact) mass is 238 g/mol. The minimum atomic E-state index is 1.02. The van der Waals surface area contributed by atoms with Crippen molar-refractivity contribution in [2.24, 2.45) is 5.84 Å². The van der Waals surface area contributed by atoms with Crippen LogP contribution >= 0.6 is 22.6 Å². The Balaban J connectivity index is 4.00. The van der Waals surface area contributed by atoms with E-state index in [2.05, 4.69) is 29.2 Å². The Morgan fingerprint density at radius 2 is 2.22 bits per heavy atom. The Morgan fingerprint density at radius 1 is 1.78 bits per heavy atom. The highest BCUT2D eigenvalue weighted by Gasteiger charge is 1.89. The van der Waals surface area contributed by atoms with E-state index >= 15 is 0 Å². The lowest BCUT2D eigenvalue weighted by molar-refractivity contribution is 0.482. The molecule has 0 aliphatic rings. The molecule has 0 aromatic heterocycles. The predicted molar refractivity (Wildman–Crippen MR) is 48.9 cm³/mol. The molecule has 0 aliphatic carbocycles. The van der Waals surface area contributed by atoms with Gasteiger partial charge in [0, 0.05) is 16.8 Å². The SMILES string of the molecule is C=C(I)/C(C)=C\N(C)N. The first-order valence-electron chi connectivity index (χ1n) is 2.54. The van der Waals surface area contributed by atoms with Crippen molar-refractivity contribution in [3.8, 4) is 0 Å². The maximum atomic E-state index is 5.34. The summed E-state index contributed by atoms with van der Waals surface area (Å²) >= 11 is 2.16. The van der Waals surface area contributed by atoms with Crippen LogP contribution in [0.2, 0.25) is 0 Å². The molecular formula is C6H11IN2. The standard InChI is InChI=1S/C6H11IN2/c1-5(6(2)7)4-9(3)8/h4H,2,8H2,1,3H3/b5-4-. The summed E-state index contributed by atoms with van der Waals surface area (Å²) in [5.41, 5.74) is 1.10. The number of halogens is 1. The van der Waals surface area contributed by atoms with Crippen molar-refractivity contribution >= 4 is 22.6 Å². The molecule has 0 saturated carbocycles. The highest BCUT2D eigenvalue weighted by Crippen LogP contribution is 2.13. The Bertz CT molecular complexity index is 138. The molecule has 0 aromatic carbocycles. The Morgan fingerprint density at radius 3 is 2.33 bits per heavy atom. The minimum Gasteiger partial charge on any atom is -0.321 e. The molecule has 0 spiro atoms. The Labute approximate surface area is 69.5 Å². The van der Waals surface area contributed by atoms with Crippen LogP contribution in [0, 0.1) is 0 Å². The van der Waals surface area contributed by atoms with E-state index in [1.807, 2.05) is 13.1 Å². The first-order valence-corrected chi connectivity index (χ1v) is 3.62. The zero-order valence-electron chi connectivity index (χ0n) is 5.69. The van der Waals surface area contributed by atoms with Crippen LogP contribution in [-0.4, -0.2) is 12.1 Å². The molecule has 0 heterocycles. The lowest BCUT2D eigenvalue weighted by atomic mass is 10.3. The predicted octanol–water partition coefficient (Wildman–Crippen LogP) is 1.64. The first kappa shape index (κ1) is 8.97. The van der Waals surface area contributed by atoms with Gasteiger partial charge < -0.3 is 5.01 Å². The summed E-state index contributed by atoms with van der Waals surface area (Å²) in [5.74, 6) is 5.34. The first-order chi connectivity index (χ1) is 4.04. The number of allylic oxidation sites excluding steroid dienone is 2. The normalized spacial score (nSPS) is 11.3. The summed E-state index contributed by atoms with van der Waals surface area (Å²) in [6.45, 7) is 5.71. The van der Waals surface area contributed by atoms with Gasteiger partial charge in [-0.1, -0.05) is 6.58 Å². The molecule has 2 N–H and O–H groups in total. The van der Waals surface area contributed by atoms with Crippen molar-refractivity contribution in [3.05, 3.63) is 21.9 Å². The second kappa shape index (κ2) is 3.90. The van der Waals surface area contributed by atoms with E-state index in [9.17, 15) is 0 Å². The van der Waals surface area contributed by atoms with Crippen molar-refractivity contribution in [2.45, 2.75) is 6.92 Å². The van der Waals surface area contributed by atoms with E-state index in [1.165, 1.54) is 5.01 Å². The number of rotatable bonds is 2. The Kier molecular flexibility index (Phi) is 3.88. The molecule has 0 atom stereocenters. The fourth-order valence-corrected chi connectivity index (χ4v) is 0.515. The van der Waals surface area contributed by atoms with Crippen molar-refractivity contribution in [2.75, 3.05) is 7.05 Å². The van der Waals surface area contributed by atoms with Gasteiger partial charge in [0.2, 0.25) is 0 Å². The van der Waals surface area contributed by atoms with Crippen molar-refractivity contribution < 1.29 is 0 Å². The van der Waals surface area contributed by atoms with Crippen molar-refractivity contribution in [1.29, 1.82) is 0 Å². The summed E-state index contributed by atoms with van der Waals surface area (Å²) in [6, 6.07) is 0. The quantitative estimate of drug-likeness (QED) is 0.343. The van der Waals surface area contributed by atoms with Gasteiger partial charge in [0.1, 0.15) is 0 Å². The molecule has 9 heavy (non-hydrogen) atoms. The van der Waals surface area contributed by atoms with Gasteiger partial charge in [-0.2, -0.15) is 0 Å². The minimum absolute atomic E-state index is 1.02. The third-order valence-electron chi connectivity index (χ3n) is 0.825. The zero-order chi connectivity index (χ0) is 7.44. The van der Waals surface area contributed by atoms with E-state index in [0.29, 0.717) is 0 Å². The molecule has 0 aromatic rings. The van der Waals surface area contributed by atoms with Crippen LogP contribution in [0.5, 0.6) is 0 Å². The van der Waals surface area contributed by atoms with Gasteiger partial charge in [-0.15, -0.1) is 0 Å². The lowest BCUT2D eigenvalue weighted by Gasteiger charge is -2.05. The summed E-state index contributed by atoms with van der Waals surface area (Å²) in [6.07, 6.45) is 1.83. The smallest absolute Gasteiger partial charge is 0.0223 e. The van der Waals surface area contributed by atoms with Crippen LogP contribution in [0.3, 0.4) is 0 Å². The molecule has 52 valence electrons. The molecule has 0 amide bonds. The highest BCUT2D eigenvalue weighted by molar-refractivity contribution is 14.1. The van der Waals surface area contributed by atoms with E-state index < -0.39 is 0 Å². The van der Waals surface area contributed by atoms with Crippen molar-refractivity contribution in [1.82, 2.24) is 5.01 Å². The lowest BCUT2D eigenvalue weighted by Crippen LogP contribution is -2.19. The molecule has 0 rings (SSSR count). The molecule has 0 unspecified atom stereocenters. The molecule has 0 radical (unpaired) electrons. The molecule has 0 saturated heterocycles. The van der Waals surface area contributed by atoms with E-state index in [-0.39, 0.29) is 0 Å². The molecule has 0 aliphatic heterocycles. The van der Waals surface area contributed by atoms with Gasteiger partial charge in [-0.25, -0.2) is 5.84 Å². The molecule has 0 fully saturated rings. The number of hydrogen-bond acceptors (Lipinski definition) is 2. The maximum Gasteiger partial charge on any atom is 0.0223 e. The van der Waals surface area contributed by atoms with Crippen molar-refractivity contribution in [3.63, 3.8) is 0 Å². The number of nitrogens with two attached hydrogens (primary N) is 1. The average Bonchev–Trinajstić information content (AvgIpc) is 1.63. The molecular weight excluding hydrogens is 227 g/mol. The average molecular weight is 238 g/mol. The molecule has 0 bridgehead atoms. The summed E-state index contributed by atoms with van der Waals surface area (Å²) in [7, 11) is 1.78. The van der Waals surface area contributed by atoms with Crippen LogP contribution in [0.1, 0.15) is 6.92 Å². The highest BCUT2D eigenvalue weighted by atomic mass is 127. The number of hydrogen-bond donors (Lipinski definition) is 1. The second-order valence-electron chi connectivity index (χ2n) is 1.88.